The number of nitrogens with zero attached hydrogens (tertiary/aromatic N) is 2. The number of esters is 2. The van der Waals surface area contributed by atoms with Gasteiger partial charge in [0.05, 0.1) is 18.6 Å². The smallest absolute Gasteiger partial charge is 0.408 e. The minimum atomic E-state index is -1.58. The Hall–Kier alpha value is -5.25. The predicted octanol–water partition coefficient (Wildman–Crippen LogP) is 4.03. The first-order valence-corrected chi connectivity index (χ1v) is 21.7. The number of likely N-dealkylation sites (N-methyl/N-ethyl adjacent to an activating group) is 1. The van der Waals surface area contributed by atoms with Gasteiger partial charge in [0.1, 0.15) is 35.9 Å². The first kappa shape index (κ1) is 49.4. The molecule has 2 saturated heterocycles. The van der Waals surface area contributed by atoms with E-state index < -0.39 is 114 Å². The van der Waals surface area contributed by atoms with Crippen LogP contribution in [0.2, 0.25) is 0 Å². The molecule has 16 nitrogen and oxygen atoms in total. The van der Waals surface area contributed by atoms with E-state index in [0.717, 1.165) is 10.8 Å². The van der Waals surface area contributed by atoms with Crippen molar-refractivity contribution < 1.29 is 52.9 Å². The number of rotatable bonds is 7. The third-order valence-electron chi connectivity index (χ3n) is 11.1. The van der Waals surface area contributed by atoms with Gasteiger partial charge in [-0.3, -0.25) is 24.0 Å². The van der Waals surface area contributed by atoms with Crippen LogP contribution in [0.1, 0.15) is 100 Å². The number of cyclic esters (lactones) is 2. The number of aliphatic hydroxyl groups excluding tert-OH is 1. The lowest BCUT2D eigenvalue weighted by molar-refractivity contribution is -0.162. The number of alkyl carbamates (subject to hydrolysis) is 1. The molecule has 62 heavy (non-hydrogen) atoms. The summed E-state index contributed by atoms with van der Waals surface area (Å²) in [6.07, 6.45) is -4.86. The van der Waals surface area contributed by atoms with E-state index in [0.29, 0.717) is 18.4 Å². The number of benzene rings is 2. The van der Waals surface area contributed by atoms with Crippen molar-refractivity contribution in [3.05, 3.63) is 48.0 Å². The molecule has 0 aromatic heterocycles. The highest BCUT2D eigenvalue weighted by molar-refractivity contribution is 5.95. The molecule has 2 heterocycles. The summed E-state index contributed by atoms with van der Waals surface area (Å²) >= 11 is 0. The van der Waals surface area contributed by atoms with Crippen LogP contribution in [0.15, 0.2) is 42.5 Å². The van der Waals surface area contributed by atoms with E-state index in [-0.39, 0.29) is 25.3 Å². The average Bonchev–Trinajstić information content (AvgIpc) is 3.67. The molecule has 0 radical (unpaired) electrons. The summed E-state index contributed by atoms with van der Waals surface area (Å²) < 4.78 is 17.1. The Balaban J connectivity index is 1.83. The molecule has 2 aromatic rings. The van der Waals surface area contributed by atoms with E-state index in [2.05, 4.69) is 16.0 Å². The summed E-state index contributed by atoms with van der Waals surface area (Å²) in [4.78, 5) is 101. The summed E-state index contributed by atoms with van der Waals surface area (Å²) in [6.45, 7) is 17.1. The van der Waals surface area contributed by atoms with E-state index >= 15 is 0 Å². The number of amides is 5. The quantitative estimate of drug-likeness (QED) is 0.231. The molecule has 2 unspecified atom stereocenters. The molecule has 0 saturated carbocycles. The second-order valence-corrected chi connectivity index (χ2v) is 18.7. The third kappa shape index (κ3) is 13.1. The molecule has 8 atom stereocenters. The van der Waals surface area contributed by atoms with Crippen molar-refractivity contribution >= 4 is 52.4 Å². The number of aliphatic hydroxyl groups is 1. The maximum Gasteiger partial charge on any atom is 0.408 e. The van der Waals surface area contributed by atoms with Crippen LogP contribution >= 0.6 is 0 Å². The minimum absolute atomic E-state index is 0.00603. The Morgan fingerprint density at radius 2 is 1.56 bits per heavy atom. The first-order chi connectivity index (χ1) is 29.0. The normalized spacial score (nSPS) is 26.8. The molecule has 342 valence electrons. The van der Waals surface area contributed by atoms with Crippen LogP contribution in [0, 0.1) is 17.8 Å². The summed E-state index contributed by atoms with van der Waals surface area (Å²) in [5.74, 6) is -5.50. The van der Waals surface area contributed by atoms with Crippen molar-refractivity contribution in [1.29, 1.82) is 0 Å². The van der Waals surface area contributed by atoms with E-state index in [9.17, 15) is 38.7 Å². The summed E-state index contributed by atoms with van der Waals surface area (Å²) in [7, 11) is 1.46. The van der Waals surface area contributed by atoms with Crippen LogP contribution in [0.25, 0.3) is 10.8 Å². The van der Waals surface area contributed by atoms with Gasteiger partial charge in [0.15, 0.2) is 6.10 Å². The fourth-order valence-corrected chi connectivity index (χ4v) is 7.89. The lowest BCUT2D eigenvalue weighted by Gasteiger charge is -2.35. The number of carbonyl (C=O) groups excluding carboxylic acids is 7. The van der Waals surface area contributed by atoms with Gasteiger partial charge >= 0.3 is 18.0 Å². The lowest BCUT2D eigenvalue weighted by atomic mass is 9.95. The highest BCUT2D eigenvalue weighted by atomic mass is 16.6. The van der Waals surface area contributed by atoms with Gasteiger partial charge < -0.3 is 45.1 Å². The van der Waals surface area contributed by atoms with E-state index in [1.807, 2.05) is 56.3 Å². The van der Waals surface area contributed by atoms with Crippen molar-refractivity contribution in [2.75, 3.05) is 13.6 Å². The Labute approximate surface area is 365 Å². The van der Waals surface area contributed by atoms with Gasteiger partial charge in [0, 0.05) is 20.0 Å². The third-order valence-corrected chi connectivity index (χ3v) is 11.1. The average molecular weight is 866 g/mol. The maximum atomic E-state index is 14.6. The first-order valence-electron chi connectivity index (χ1n) is 21.7. The topological polar surface area (TPSA) is 210 Å². The fraction of sp³-hybridized carbons (Fsp3) is 0.630. The van der Waals surface area contributed by atoms with Crippen LogP contribution < -0.4 is 16.0 Å². The van der Waals surface area contributed by atoms with E-state index in [1.165, 1.54) is 23.8 Å². The van der Waals surface area contributed by atoms with Crippen molar-refractivity contribution in [3.63, 3.8) is 0 Å². The Morgan fingerprint density at radius 3 is 2.18 bits per heavy atom. The van der Waals surface area contributed by atoms with Crippen molar-refractivity contribution in [1.82, 2.24) is 25.8 Å². The zero-order chi connectivity index (χ0) is 46.2. The molecule has 2 fully saturated rings. The highest BCUT2D eigenvalue weighted by Crippen LogP contribution is 2.26. The predicted molar refractivity (Wildman–Crippen MR) is 231 cm³/mol. The monoisotopic (exact) mass is 865 g/mol. The molecular formula is C46H67N5O11. The largest absolute Gasteiger partial charge is 0.458 e. The Morgan fingerprint density at radius 1 is 0.903 bits per heavy atom. The van der Waals surface area contributed by atoms with Gasteiger partial charge in [-0.15, -0.1) is 0 Å². The number of fused-ring (bicyclic) bond motifs is 2. The van der Waals surface area contributed by atoms with Gasteiger partial charge in [-0.05, 0) is 81.0 Å². The van der Waals surface area contributed by atoms with Crippen LogP contribution in [-0.4, -0.2) is 124 Å². The molecule has 2 aliphatic rings. The van der Waals surface area contributed by atoms with Gasteiger partial charge in [-0.2, -0.15) is 0 Å². The zero-order valence-corrected chi connectivity index (χ0v) is 38.1. The summed E-state index contributed by atoms with van der Waals surface area (Å²) in [5.41, 5.74) is -0.263. The second kappa shape index (κ2) is 21.2. The zero-order valence-electron chi connectivity index (χ0n) is 38.1. The summed E-state index contributed by atoms with van der Waals surface area (Å²) in [6, 6.07) is 7.33. The molecule has 2 aromatic carbocycles. The number of hydrogen-bond acceptors (Lipinski definition) is 11. The SMILES string of the molecule is CC(C)C[C@@H]1NC(=O)C(C(C)C)OC(=O)C[C@H](O)[C@@H](C(C)C)NC(=O)C(NC(=O)OC(C)(C)C)[C@@H](C)OC(=O)[C@H](Cc2ccc3ccccc3c2)N(C)C(=O)[C@@H]2CCCN2C1=O. The van der Waals surface area contributed by atoms with Gasteiger partial charge in [-0.25, -0.2) is 9.59 Å². The number of hydrogen-bond donors (Lipinski definition) is 4. The van der Waals surface area contributed by atoms with E-state index in [4.69, 9.17) is 14.2 Å². The van der Waals surface area contributed by atoms with Crippen LogP contribution in [0.4, 0.5) is 4.79 Å². The Bertz CT molecular complexity index is 1940. The molecule has 16 heteroatoms. The maximum absolute atomic E-state index is 14.6. The molecule has 5 amide bonds. The Kier molecular flexibility index (Phi) is 16.9. The molecular weight excluding hydrogens is 799 g/mol. The number of carbonyl (C=O) groups is 7. The molecule has 0 bridgehead atoms. The minimum Gasteiger partial charge on any atom is -0.458 e. The van der Waals surface area contributed by atoms with Gasteiger partial charge in [0.25, 0.3) is 5.91 Å². The molecule has 0 aliphatic carbocycles. The molecule has 4 N–H and O–H groups in total. The van der Waals surface area contributed by atoms with E-state index in [1.54, 1.807) is 48.5 Å². The van der Waals surface area contributed by atoms with Crippen LogP contribution in [0.5, 0.6) is 0 Å². The number of nitrogens with one attached hydrogen (secondary N) is 3. The van der Waals surface area contributed by atoms with Crippen molar-refractivity contribution in [2.24, 2.45) is 17.8 Å². The van der Waals surface area contributed by atoms with Gasteiger partial charge in [0.2, 0.25) is 17.7 Å². The standard InChI is InChI=1S/C46H67N5O11/c1-25(2)21-32-42(56)51-20-14-17-33(51)43(57)50(11)34(23-29-18-19-30-15-12-13-16-31(30)22-29)44(58)60-28(7)38(49-45(59)62-46(8,9)10)40(54)48-37(26(3)4)35(52)24-36(53)61-39(27(5)6)41(55)47-32/h12-13,15-16,18-19,22,25-28,32-35,37-39,52H,14,17,20-21,23-24H2,1-11H3,(H,47,55)(H,48,54)(H,49,59)/t28-,32+,33+,34+,35+,37-,38?,39?/m1/s1. The summed E-state index contributed by atoms with van der Waals surface area (Å²) in [5, 5.41) is 21.3. The van der Waals surface area contributed by atoms with Crippen molar-refractivity contribution in [3.8, 4) is 0 Å². The van der Waals surface area contributed by atoms with Gasteiger partial charge in [-0.1, -0.05) is 84.0 Å². The van der Waals surface area contributed by atoms with Crippen LogP contribution in [-0.2, 0) is 49.4 Å². The van der Waals surface area contributed by atoms with Crippen molar-refractivity contribution in [2.45, 2.75) is 155 Å². The highest BCUT2D eigenvalue weighted by Gasteiger charge is 2.44. The fourth-order valence-electron chi connectivity index (χ4n) is 7.89. The number of ether oxygens (including phenoxy) is 3. The second-order valence-electron chi connectivity index (χ2n) is 18.7. The molecule has 2 aliphatic heterocycles. The van der Waals surface area contributed by atoms with Crippen LogP contribution in [0.3, 0.4) is 0 Å². The molecule has 0 spiro atoms. The lowest BCUT2D eigenvalue weighted by Crippen LogP contribution is -2.59. The molecule has 4 rings (SSSR count).